The molecule has 2 N–H and O–H groups in total. The number of thiazole rings is 1. The predicted octanol–water partition coefficient (Wildman–Crippen LogP) is 3.90. The molecule has 2 heterocycles. The summed E-state index contributed by atoms with van der Waals surface area (Å²) in [4.78, 5) is 33.0. The second kappa shape index (κ2) is 8.73. The van der Waals surface area contributed by atoms with E-state index in [1.807, 2.05) is 30.3 Å². The molecule has 4 rings (SSSR count). The number of anilines is 1. The summed E-state index contributed by atoms with van der Waals surface area (Å²) in [6, 6.07) is 9.30. The highest BCUT2D eigenvalue weighted by molar-refractivity contribution is 7.15. The molecule has 2 aliphatic rings. The van der Waals surface area contributed by atoms with Crippen LogP contribution in [0.2, 0.25) is 0 Å². The molecule has 0 radical (unpaired) electrons. The van der Waals surface area contributed by atoms with Crippen molar-refractivity contribution in [2.75, 3.05) is 18.4 Å². The Labute approximate surface area is 169 Å². The summed E-state index contributed by atoms with van der Waals surface area (Å²) in [5.74, 6) is -0.0265. The molecule has 7 heteroatoms. The summed E-state index contributed by atoms with van der Waals surface area (Å²) < 4.78 is 0. The van der Waals surface area contributed by atoms with E-state index in [-0.39, 0.29) is 24.4 Å². The monoisotopic (exact) mass is 398 g/mol. The van der Waals surface area contributed by atoms with E-state index in [9.17, 15) is 9.59 Å². The van der Waals surface area contributed by atoms with Crippen LogP contribution in [-0.2, 0) is 17.6 Å². The van der Waals surface area contributed by atoms with Gasteiger partial charge in [0.15, 0.2) is 5.13 Å². The number of aryl methyl sites for hydroxylation is 2. The van der Waals surface area contributed by atoms with Crippen LogP contribution < -0.4 is 10.6 Å². The molecule has 1 fully saturated rings. The fourth-order valence-corrected chi connectivity index (χ4v) is 5.01. The molecule has 6 nitrogen and oxygen atoms in total. The summed E-state index contributed by atoms with van der Waals surface area (Å²) in [5, 5.41) is 6.55. The number of hydrogen-bond acceptors (Lipinski definition) is 4. The molecule has 1 aliphatic heterocycles. The Kier molecular flexibility index (Phi) is 5.90. The normalized spacial score (nSPS) is 20.4. The summed E-state index contributed by atoms with van der Waals surface area (Å²) in [7, 11) is 0. The number of amides is 3. The number of carbonyl (C=O) groups excluding carboxylic acids is 2. The molecule has 148 valence electrons. The molecule has 1 aromatic heterocycles. The Bertz CT molecular complexity index is 811. The Hall–Kier alpha value is -2.41. The third kappa shape index (κ3) is 4.35. The number of rotatable bonds is 2. The van der Waals surface area contributed by atoms with E-state index in [1.54, 1.807) is 16.2 Å². The van der Waals surface area contributed by atoms with E-state index < -0.39 is 0 Å². The van der Waals surface area contributed by atoms with Crippen LogP contribution in [0.25, 0.3) is 0 Å². The molecular weight excluding hydrogens is 372 g/mol. The van der Waals surface area contributed by atoms with Gasteiger partial charge in [-0.2, -0.15) is 0 Å². The maximum absolute atomic E-state index is 13.1. The van der Waals surface area contributed by atoms with Crippen molar-refractivity contribution in [3.8, 4) is 0 Å². The minimum atomic E-state index is -0.273. The number of carbonyl (C=O) groups is 2. The lowest BCUT2D eigenvalue weighted by molar-refractivity contribution is -0.121. The molecule has 1 saturated heterocycles. The molecule has 0 bridgehead atoms. The average molecular weight is 399 g/mol. The summed E-state index contributed by atoms with van der Waals surface area (Å²) in [6.45, 7) is 0.937. The second-order valence-corrected chi connectivity index (χ2v) is 8.49. The van der Waals surface area contributed by atoms with Crippen LogP contribution in [0.5, 0.6) is 0 Å². The lowest BCUT2D eigenvalue weighted by Crippen LogP contribution is -2.39. The quantitative estimate of drug-likeness (QED) is 0.806. The van der Waals surface area contributed by atoms with E-state index in [0.717, 1.165) is 24.1 Å². The Morgan fingerprint density at radius 2 is 1.93 bits per heavy atom. The van der Waals surface area contributed by atoms with Crippen LogP contribution in [0.4, 0.5) is 9.93 Å². The fraction of sp³-hybridized carbons (Fsp3) is 0.476. The molecule has 2 aromatic rings. The number of hydrogen-bond donors (Lipinski definition) is 2. The zero-order chi connectivity index (χ0) is 19.3. The fourth-order valence-electron chi connectivity index (χ4n) is 3.97. The highest BCUT2D eigenvalue weighted by Crippen LogP contribution is 2.30. The second-order valence-electron chi connectivity index (χ2n) is 7.41. The number of aromatic nitrogens is 1. The molecule has 1 atom stereocenters. The van der Waals surface area contributed by atoms with Gasteiger partial charge in [0.25, 0.3) is 0 Å². The van der Waals surface area contributed by atoms with Gasteiger partial charge in [-0.15, -0.1) is 11.3 Å². The Morgan fingerprint density at radius 3 is 2.75 bits per heavy atom. The third-order valence-electron chi connectivity index (χ3n) is 5.43. The molecule has 3 amide bonds. The zero-order valence-corrected chi connectivity index (χ0v) is 16.8. The minimum Gasteiger partial charge on any atom is -0.354 e. The van der Waals surface area contributed by atoms with Crippen LogP contribution in [0.1, 0.15) is 54.3 Å². The van der Waals surface area contributed by atoms with Gasteiger partial charge in [0.05, 0.1) is 18.2 Å². The lowest BCUT2D eigenvalue weighted by atomic mass is 10.0. The van der Waals surface area contributed by atoms with Gasteiger partial charge in [-0.3, -0.25) is 10.1 Å². The van der Waals surface area contributed by atoms with Gasteiger partial charge in [0.2, 0.25) is 5.91 Å². The SMILES string of the molecule is O=C1CC(c2ccccc2)N(C(=O)Nc2nc3c(s2)CCCCCC3)CCN1. The average Bonchev–Trinajstić information content (AvgIpc) is 2.92. The molecule has 0 spiro atoms. The van der Waals surface area contributed by atoms with Crippen molar-refractivity contribution < 1.29 is 9.59 Å². The predicted molar refractivity (Wildman–Crippen MR) is 111 cm³/mol. The molecule has 1 aliphatic carbocycles. The van der Waals surface area contributed by atoms with Gasteiger partial charge in [-0.1, -0.05) is 43.2 Å². The van der Waals surface area contributed by atoms with Crippen molar-refractivity contribution in [2.45, 2.75) is 51.0 Å². The van der Waals surface area contributed by atoms with Crippen molar-refractivity contribution in [3.05, 3.63) is 46.5 Å². The number of urea groups is 1. The van der Waals surface area contributed by atoms with Crippen molar-refractivity contribution in [1.82, 2.24) is 15.2 Å². The standard InChI is InChI=1S/C21H26N4O2S/c26-19-14-17(15-8-4-3-5-9-15)25(13-12-22-19)21(27)24-20-23-16-10-6-1-2-7-11-18(16)28-20/h3-5,8-9,17H,1-2,6-7,10-14H2,(H,22,26)(H,23,24,27). The summed E-state index contributed by atoms with van der Waals surface area (Å²) in [5.41, 5.74) is 2.12. The number of nitrogens with one attached hydrogen (secondary N) is 2. The van der Waals surface area contributed by atoms with E-state index in [2.05, 4.69) is 10.6 Å². The van der Waals surface area contributed by atoms with Crippen molar-refractivity contribution >= 4 is 28.4 Å². The van der Waals surface area contributed by atoms with E-state index in [4.69, 9.17) is 4.98 Å². The Balaban J connectivity index is 1.53. The van der Waals surface area contributed by atoms with Crippen molar-refractivity contribution in [3.63, 3.8) is 0 Å². The van der Waals surface area contributed by atoms with Crippen LogP contribution in [0, 0.1) is 0 Å². The minimum absolute atomic E-state index is 0.0265. The van der Waals surface area contributed by atoms with Gasteiger partial charge in [0.1, 0.15) is 0 Å². The van der Waals surface area contributed by atoms with Crippen LogP contribution in [-0.4, -0.2) is 34.9 Å². The first-order valence-electron chi connectivity index (χ1n) is 10.1. The molecule has 28 heavy (non-hydrogen) atoms. The molecule has 1 aromatic carbocycles. The first-order chi connectivity index (χ1) is 13.7. The lowest BCUT2D eigenvalue weighted by Gasteiger charge is -2.29. The van der Waals surface area contributed by atoms with Gasteiger partial charge in [0, 0.05) is 18.0 Å². The first kappa shape index (κ1) is 18.9. The number of nitrogens with zero attached hydrogens (tertiary/aromatic N) is 2. The van der Waals surface area contributed by atoms with Gasteiger partial charge in [-0.25, -0.2) is 9.78 Å². The molecule has 0 saturated carbocycles. The first-order valence-corrected chi connectivity index (χ1v) is 10.9. The number of fused-ring (bicyclic) bond motifs is 1. The summed E-state index contributed by atoms with van der Waals surface area (Å²) in [6.07, 6.45) is 7.21. The largest absolute Gasteiger partial charge is 0.354 e. The third-order valence-corrected chi connectivity index (χ3v) is 6.51. The van der Waals surface area contributed by atoms with Gasteiger partial charge >= 0.3 is 6.03 Å². The topological polar surface area (TPSA) is 74.3 Å². The highest BCUT2D eigenvalue weighted by Gasteiger charge is 2.30. The number of benzene rings is 1. The van der Waals surface area contributed by atoms with E-state index in [0.29, 0.717) is 18.2 Å². The van der Waals surface area contributed by atoms with E-state index in [1.165, 1.54) is 30.6 Å². The maximum atomic E-state index is 13.1. The maximum Gasteiger partial charge on any atom is 0.324 e. The molecule has 1 unspecified atom stereocenters. The van der Waals surface area contributed by atoms with Crippen molar-refractivity contribution in [1.29, 1.82) is 0 Å². The van der Waals surface area contributed by atoms with Crippen LogP contribution in [0.3, 0.4) is 0 Å². The Morgan fingerprint density at radius 1 is 1.14 bits per heavy atom. The van der Waals surface area contributed by atoms with E-state index >= 15 is 0 Å². The summed E-state index contributed by atoms with van der Waals surface area (Å²) >= 11 is 1.60. The smallest absolute Gasteiger partial charge is 0.324 e. The molecular formula is C21H26N4O2S. The highest BCUT2D eigenvalue weighted by atomic mass is 32.1. The van der Waals surface area contributed by atoms with Crippen LogP contribution in [0.15, 0.2) is 30.3 Å². The van der Waals surface area contributed by atoms with Crippen LogP contribution >= 0.6 is 11.3 Å². The zero-order valence-electron chi connectivity index (χ0n) is 15.9. The van der Waals surface area contributed by atoms with Gasteiger partial charge < -0.3 is 10.2 Å². The van der Waals surface area contributed by atoms with Crippen molar-refractivity contribution in [2.24, 2.45) is 0 Å². The van der Waals surface area contributed by atoms with Gasteiger partial charge in [-0.05, 0) is 31.2 Å².